The van der Waals surface area contributed by atoms with E-state index in [1.807, 2.05) is 31.2 Å². The Kier molecular flexibility index (Phi) is 8.71. The molecule has 1 rings (SSSR count). The maximum atomic E-state index is 12.0. The van der Waals surface area contributed by atoms with Gasteiger partial charge in [0.15, 0.2) is 0 Å². The third kappa shape index (κ3) is 6.91. The van der Waals surface area contributed by atoms with Gasteiger partial charge in [0.05, 0.1) is 18.1 Å². The molecule has 0 unspecified atom stereocenters. The van der Waals surface area contributed by atoms with E-state index >= 15 is 0 Å². The van der Waals surface area contributed by atoms with Gasteiger partial charge in [-0.05, 0) is 38.5 Å². The average molecular weight is 350 g/mol. The summed E-state index contributed by atoms with van der Waals surface area (Å²) in [6.45, 7) is 5.76. The van der Waals surface area contributed by atoms with Crippen LogP contribution in [-0.4, -0.2) is 30.3 Å². The van der Waals surface area contributed by atoms with Crippen LogP contribution in [0.4, 0.5) is 0 Å². The van der Waals surface area contributed by atoms with E-state index in [-0.39, 0.29) is 13.2 Å². The smallest absolute Gasteiger partial charge is 0.373 e. The molecule has 0 spiro atoms. The minimum absolute atomic E-state index is 0.160. The van der Waals surface area contributed by atoms with Gasteiger partial charge in [-0.1, -0.05) is 29.8 Å². The number of ether oxygens (including phenoxy) is 2. The molecular formula is C18H22O5S. The molecule has 0 heterocycles. The molecule has 130 valence electrons. The number of rotatable bonds is 8. The molecule has 0 fully saturated rings. The number of aliphatic hydroxyl groups excluding tert-OH is 1. The van der Waals surface area contributed by atoms with E-state index in [0.29, 0.717) is 10.7 Å². The van der Waals surface area contributed by atoms with Gasteiger partial charge in [-0.2, -0.15) is 0 Å². The fraction of sp³-hybridized carbons (Fsp3) is 0.333. The van der Waals surface area contributed by atoms with Gasteiger partial charge in [0.25, 0.3) is 0 Å². The van der Waals surface area contributed by atoms with Crippen LogP contribution in [0.25, 0.3) is 0 Å². The highest BCUT2D eigenvalue weighted by Gasteiger charge is 2.12. The van der Waals surface area contributed by atoms with Crippen molar-refractivity contribution in [3.8, 4) is 0 Å². The summed E-state index contributed by atoms with van der Waals surface area (Å²) in [5.41, 5.74) is 2.21. The molecule has 24 heavy (non-hydrogen) atoms. The van der Waals surface area contributed by atoms with Crippen LogP contribution in [0.2, 0.25) is 0 Å². The maximum absolute atomic E-state index is 12.0. The number of aliphatic hydroxyl groups is 1. The van der Waals surface area contributed by atoms with Crippen LogP contribution in [-0.2, 0) is 24.8 Å². The van der Waals surface area contributed by atoms with Gasteiger partial charge >= 0.3 is 11.9 Å². The highest BCUT2D eigenvalue weighted by Crippen LogP contribution is 2.23. The molecule has 0 aliphatic heterocycles. The Labute approximate surface area is 146 Å². The molecule has 0 aliphatic rings. The number of esters is 2. The van der Waals surface area contributed by atoms with Crippen molar-refractivity contribution in [1.82, 2.24) is 0 Å². The third-order valence-electron chi connectivity index (χ3n) is 2.87. The van der Waals surface area contributed by atoms with Crippen molar-refractivity contribution in [1.29, 1.82) is 0 Å². The summed E-state index contributed by atoms with van der Waals surface area (Å²) >= 11 is 1.27. The Bertz CT molecular complexity index is 617. The summed E-state index contributed by atoms with van der Waals surface area (Å²) in [5, 5.41) is 9.61. The van der Waals surface area contributed by atoms with Crippen LogP contribution in [0.15, 0.2) is 47.1 Å². The topological polar surface area (TPSA) is 72.8 Å². The highest BCUT2D eigenvalue weighted by atomic mass is 32.2. The zero-order valence-corrected chi connectivity index (χ0v) is 14.9. The molecule has 0 saturated heterocycles. The van der Waals surface area contributed by atoms with Crippen LogP contribution in [0.3, 0.4) is 0 Å². The predicted octanol–water partition coefficient (Wildman–Crippen LogP) is 3.68. The summed E-state index contributed by atoms with van der Waals surface area (Å²) in [6.07, 6.45) is 2.51. The second kappa shape index (κ2) is 10.5. The first-order valence-electron chi connectivity index (χ1n) is 7.61. The van der Waals surface area contributed by atoms with Crippen molar-refractivity contribution in [2.45, 2.75) is 26.5 Å². The number of aryl methyl sites for hydroxylation is 1. The fourth-order valence-corrected chi connectivity index (χ4v) is 2.51. The minimum atomic E-state index is -0.833. The SMILES string of the molecule is CCOC(=O)C(O)=CC=C(SCc1ccc(C)cc1)C(=O)OCC. The summed E-state index contributed by atoms with van der Waals surface area (Å²) < 4.78 is 9.67. The van der Waals surface area contributed by atoms with Gasteiger partial charge in [-0.25, -0.2) is 9.59 Å². The van der Waals surface area contributed by atoms with Crippen LogP contribution in [0.1, 0.15) is 25.0 Å². The molecule has 1 aromatic carbocycles. The summed E-state index contributed by atoms with van der Waals surface area (Å²) in [7, 11) is 0. The standard InChI is InChI=1S/C18H22O5S/c1-4-22-17(20)15(19)10-11-16(18(21)23-5-2)24-12-14-8-6-13(3)7-9-14/h6-11,19H,4-5,12H2,1-3H3. The Morgan fingerprint density at radius 1 is 1.04 bits per heavy atom. The van der Waals surface area contributed by atoms with E-state index < -0.39 is 17.7 Å². The fourth-order valence-electron chi connectivity index (χ4n) is 1.65. The first-order chi connectivity index (χ1) is 11.5. The van der Waals surface area contributed by atoms with E-state index in [2.05, 4.69) is 4.74 Å². The lowest BCUT2D eigenvalue weighted by atomic mass is 10.2. The van der Waals surface area contributed by atoms with Gasteiger partial charge in [-0.3, -0.25) is 0 Å². The first kappa shape index (κ1) is 19.8. The monoisotopic (exact) mass is 350 g/mol. The normalized spacial score (nSPS) is 12.0. The van der Waals surface area contributed by atoms with E-state index in [4.69, 9.17) is 4.74 Å². The van der Waals surface area contributed by atoms with Gasteiger partial charge in [0.1, 0.15) is 0 Å². The first-order valence-corrected chi connectivity index (χ1v) is 8.60. The minimum Gasteiger partial charge on any atom is -0.502 e. The maximum Gasteiger partial charge on any atom is 0.373 e. The second-order valence-electron chi connectivity index (χ2n) is 4.80. The highest BCUT2D eigenvalue weighted by molar-refractivity contribution is 8.03. The number of hydrogen-bond acceptors (Lipinski definition) is 6. The van der Waals surface area contributed by atoms with Crippen molar-refractivity contribution < 1.29 is 24.2 Å². The number of allylic oxidation sites excluding steroid dienone is 2. The number of carbonyl (C=O) groups is 2. The third-order valence-corrected chi connectivity index (χ3v) is 3.96. The van der Waals surface area contributed by atoms with Crippen molar-refractivity contribution >= 4 is 23.7 Å². The Morgan fingerprint density at radius 3 is 2.21 bits per heavy atom. The molecule has 0 radical (unpaired) electrons. The lowest BCUT2D eigenvalue weighted by molar-refractivity contribution is -0.141. The van der Waals surface area contributed by atoms with Crippen LogP contribution >= 0.6 is 11.8 Å². The van der Waals surface area contributed by atoms with Gasteiger partial charge < -0.3 is 14.6 Å². The molecule has 0 saturated carbocycles. The molecule has 0 bridgehead atoms. The van der Waals surface area contributed by atoms with E-state index in [1.165, 1.54) is 17.8 Å². The molecule has 1 N–H and O–H groups in total. The molecule has 6 heteroatoms. The van der Waals surface area contributed by atoms with Crippen molar-refractivity contribution in [3.05, 3.63) is 58.2 Å². The molecule has 1 aromatic rings. The van der Waals surface area contributed by atoms with Crippen molar-refractivity contribution in [2.24, 2.45) is 0 Å². The zero-order chi connectivity index (χ0) is 17.9. The Balaban J connectivity index is 2.85. The largest absolute Gasteiger partial charge is 0.502 e. The molecule has 0 aromatic heterocycles. The number of thioether (sulfide) groups is 1. The molecule has 0 aliphatic carbocycles. The summed E-state index contributed by atoms with van der Waals surface area (Å²) in [6, 6.07) is 7.96. The van der Waals surface area contributed by atoms with Crippen molar-refractivity contribution in [2.75, 3.05) is 13.2 Å². The summed E-state index contributed by atoms with van der Waals surface area (Å²) in [5.74, 6) is -1.32. The lowest BCUT2D eigenvalue weighted by Crippen LogP contribution is -2.08. The quantitative estimate of drug-likeness (QED) is 0.334. The Hall–Kier alpha value is -2.21. The summed E-state index contributed by atoms with van der Waals surface area (Å²) in [4.78, 5) is 23.7. The number of carbonyl (C=O) groups excluding carboxylic acids is 2. The van der Waals surface area contributed by atoms with Crippen LogP contribution in [0, 0.1) is 6.92 Å². The van der Waals surface area contributed by atoms with E-state index in [1.54, 1.807) is 13.8 Å². The molecule has 5 nitrogen and oxygen atoms in total. The Morgan fingerprint density at radius 2 is 1.62 bits per heavy atom. The predicted molar refractivity (Wildman–Crippen MR) is 94.5 cm³/mol. The molecular weight excluding hydrogens is 328 g/mol. The molecule has 0 amide bonds. The lowest BCUT2D eigenvalue weighted by Gasteiger charge is -2.07. The van der Waals surface area contributed by atoms with Gasteiger partial charge in [-0.15, -0.1) is 11.8 Å². The van der Waals surface area contributed by atoms with Crippen LogP contribution in [0.5, 0.6) is 0 Å². The van der Waals surface area contributed by atoms with E-state index in [9.17, 15) is 14.7 Å². The van der Waals surface area contributed by atoms with Gasteiger partial charge in [0.2, 0.25) is 5.76 Å². The second-order valence-corrected chi connectivity index (χ2v) is 5.82. The van der Waals surface area contributed by atoms with Crippen LogP contribution < -0.4 is 0 Å². The molecule has 0 atom stereocenters. The van der Waals surface area contributed by atoms with E-state index in [0.717, 1.165) is 17.2 Å². The number of hydrogen-bond donors (Lipinski definition) is 1. The van der Waals surface area contributed by atoms with Crippen molar-refractivity contribution in [3.63, 3.8) is 0 Å². The average Bonchev–Trinajstić information content (AvgIpc) is 2.56. The number of benzene rings is 1. The van der Waals surface area contributed by atoms with Gasteiger partial charge in [0, 0.05) is 5.75 Å². The zero-order valence-electron chi connectivity index (χ0n) is 14.1.